The Morgan fingerprint density at radius 1 is 1.08 bits per heavy atom. The van der Waals surface area contributed by atoms with E-state index in [0.29, 0.717) is 49.6 Å². The zero-order valence-electron chi connectivity index (χ0n) is 21.2. The van der Waals surface area contributed by atoms with Crippen LogP contribution in [0.5, 0.6) is 5.75 Å². The number of likely N-dealkylation sites (N-methyl/N-ethyl adjacent to an activating group) is 1. The van der Waals surface area contributed by atoms with Gasteiger partial charge in [0, 0.05) is 51.0 Å². The molecule has 12 heteroatoms. The largest absolute Gasteiger partial charge is 0.494 e. The summed E-state index contributed by atoms with van der Waals surface area (Å²) in [7, 11) is 3.09. The Kier molecular flexibility index (Phi) is 7.24. The number of imidazole rings is 1. The van der Waals surface area contributed by atoms with Crippen LogP contribution in [-0.4, -0.2) is 83.0 Å². The molecular formula is C25H33N9O3. The molecule has 1 saturated heterocycles. The monoisotopic (exact) mass is 507 g/mol. The first-order chi connectivity index (χ1) is 18.1. The van der Waals surface area contributed by atoms with Crippen molar-refractivity contribution in [1.29, 1.82) is 0 Å². The normalized spacial score (nSPS) is 16.5. The minimum Gasteiger partial charge on any atom is -0.494 e. The smallest absolute Gasteiger partial charge is 0.311 e. The Labute approximate surface area is 215 Å². The summed E-state index contributed by atoms with van der Waals surface area (Å²) in [4.78, 5) is 44.4. The Morgan fingerprint density at radius 3 is 2.59 bits per heavy atom. The Bertz CT molecular complexity index is 1260. The fourth-order valence-electron chi connectivity index (χ4n) is 4.95. The van der Waals surface area contributed by atoms with Crippen LogP contribution in [0, 0.1) is 0 Å². The molecule has 12 nitrogen and oxygen atoms in total. The van der Waals surface area contributed by atoms with Gasteiger partial charge in [0.2, 0.25) is 5.95 Å². The third kappa shape index (κ3) is 5.37. The van der Waals surface area contributed by atoms with Gasteiger partial charge >= 0.3 is 11.8 Å². The number of ether oxygens (including phenoxy) is 1. The van der Waals surface area contributed by atoms with Gasteiger partial charge in [0.25, 0.3) is 0 Å². The second-order valence-corrected chi connectivity index (χ2v) is 9.34. The van der Waals surface area contributed by atoms with Crippen molar-refractivity contribution in [1.82, 2.24) is 30.2 Å². The van der Waals surface area contributed by atoms with E-state index in [1.54, 1.807) is 18.3 Å². The Hall–Kier alpha value is -4.09. The fraction of sp³-hybridized carbons (Fsp3) is 0.480. The van der Waals surface area contributed by atoms with Gasteiger partial charge in [-0.15, -0.1) is 0 Å². The van der Waals surface area contributed by atoms with E-state index in [-0.39, 0.29) is 0 Å². The molecule has 0 bridgehead atoms. The van der Waals surface area contributed by atoms with Crippen LogP contribution in [0.15, 0.2) is 24.5 Å². The Balaban J connectivity index is 1.31. The number of fused-ring (bicyclic) bond motifs is 1. The molecular weight excluding hydrogens is 474 g/mol. The minimum atomic E-state index is -0.585. The van der Waals surface area contributed by atoms with Gasteiger partial charge in [-0.3, -0.25) is 9.59 Å². The lowest BCUT2D eigenvalue weighted by atomic mass is 9.95. The topological polar surface area (TPSA) is 140 Å². The molecule has 2 aliphatic rings. The van der Waals surface area contributed by atoms with Crippen LogP contribution in [0.4, 0.5) is 23.1 Å². The highest BCUT2D eigenvalue weighted by Crippen LogP contribution is 2.33. The number of hydrogen-bond donors (Lipinski definition) is 4. The van der Waals surface area contributed by atoms with E-state index in [1.165, 1.54) is 26.3 Å². The number of piperazine rings is 1. The number of nitrogens with one attached hydrogen (secondary N) is 4. The van der Waals surface area contributed by atoms with Crippen LogP contribution >= 0.6 is 0 Å². The van der Waals surface area contributed by atoms with E-state index in [9.17, 15) is 9.59 Å². The van der Waals surface area contributed by atoms with Crippen molar-refractivity contribution in [2.45, 2.75) is 38.1 Å². The lowest BCUT2D eigenvalue weighted by molar-refractivity contribution is -0.145. The van der Waals surface area contributed by atoms with Crippen LogP contribution in [0.25, 0.3) is 11.2 Å². The van der Waals surface area contributed by atoms with Crippen molar-refractivity contribution in [2.24, 2.45) is 0 Å². The summed E-state index contributed by atoms with van der Waals surface area (Å²) in [6, 6.07) is 6.27. The standard InChI is InChI=1S/C25H33N9O3/c1-26-23(35)24(36)34-12-10-33(11-13-34)17-8-9-18(19(14-17)37-2)30-25-31-21-20(27-15-28-21)22(32-25)29-16-6-4-3-5-7-16/h8-9,14-16H,3-7,10-13H2,1-2H3,(H,26,35)(H3,27,28,29,30,31,32). The average Bonchev–Trinajstić information content (AvgIpc) is 3.42. The number of aromatic amines is 1. The van der Waals surface area contributed by atoms with Gasteiger partial charge < -0.3 is 35.5 Å². The first-order valence-corrected chi connectivity index (χ1v) is 12.7. The van der Waals surface area contributed by atoms with Gasteiger partial charge in [0.05, 0.1) is 19.1 Å². The number of rotatable bonds is 6. The molecule has 0 atom stereocenters. The summed E-state index contributed by atoms with van der Waals surface area (Å²) in [6.45, 7) is 2.19. The van der Waals surface area contributed by atoms with E-state index in [0.717, 1.165) is 35.6 Å². The molecule has 3 aromatic rings. The molecule has 1 saturated carbocycles. The van der Waals surface area contributed by atoms with Crippen molar-refractivity contribution in [3.05, 3.63) is 24.5 Å². The van der Waals surface area contributed by atoms with E-state index in [4.69, 9.17) is 9.72 Å². The lowest BCUT2D eigenvalue weighted by Crippen LogP contribution is -2.52. The minimum absolute atomic E-state index is 0.393. The van der Waals surface area contributed by atoms with Crippen molar-refractivity contribution < 1.29 is 14.3 Å². The third-order valence-electron chi connectivity index (χ3n) is 7.02. The predicted octanol–water partition coefficient (Wildman–Crippen LogP) is 2.24. The molecule has 2 amide bonds. The van der Waals surface area contributed by atoms with Gasteiger partial charge in [0.15, 0.2) is 11.5 Å². The van der Waals surface area contributed by atoms with Gasteiger partial charge in [-0.1, -0.05) is 19.3 Å². The molecule has 196 valence electrons. The molecule has 2 aromatic heterocycles. The number of nitrogens with zero attached hydrogens (tertiary/aromatic N) is 5. The zero-order chi connectivity index (χ0) is 25.8. The summed E-state index contributed by atoms with van der Waals surface area (Å²) in [5.74, 6) is 0.749. The fourth-order valence-corrected chi connectivity index (χ4v) is 4.95. The summed E-state index contributed by atoms with van der Waals surface area (Å²) in [5.41, 5.74) is 3.10. The number of H-pyrrole nitrogens is 1. The van der Waals surface area contributed by atoms with E-state index < -0.39 is 11.8 Å². The number of methoxy groups -OCH3 is 1. The van der Waals surface area contributed by atoms with Gasteiger partial charge in [0.1, 0.15) is 11.3 Å². The highest BCUT2D eigenvalue weighted by molar-refractivity contribution is 6.34. The molecule has 4 N–H and O–H groups in total. The van der Waals surface area contributed by atoms with E-state index in [1.807, 2.05) is 18.2 Å². The van der Waals surface area contributed by atoms with Crippen molar-refractivity contribution in [3.8, 4) is 5.75 Å². The summed E-state index contributed by atoms with van der Waals surface area (Å²) >= 11 is 0. The molecule has 0 radical (unpaired) electrons. The van der Waals surface area contributed by atoms with Crippen molar-refractivity contribution in [3.63, 3.8) is 0 Å². The molecule has 2 fully saturated rings. The summed E-state index contributed by atoms with van der Waals surface area (Å²) in [5, 5.41) is 9.27. The summed E-state index contributed by atoms with van der Waals surface area (Å²) in [6.07, 6.45) is 7.63. The van der Waals surface area contributed by atoms with Gasteiger partial charge in [-0.05, 0) is 25.0 Å². The number of aromatic nitrogens is 4. The molecule has 1 aromatic carbocycles. The number of hydrogen-bond acceptors (Lipinski definition) is 9. The van der Waals surface area contributed by atoms with Crippen LogP contribution < -0.4 is 25.6 Å². The van der Waals surface area contributed by atoms with Crippen molar-refractivity contribution >= 4 is 46.1 Å². The molecule has 1 aliphatic heterocycles. The van der Waals surface area contributed by atoms with Crippen LogP contribution in [0.3, 0.4) is 0 Å². The molecule has 0 spiro atoms. The number of anilines is 4. The maximum Gasteiger partial charge on any atom is 0.311 e. The number of amides is 2. The Morgan fingerprint density at radius 2 is 1.86 bits per heavy atom. The van der Waals surface area contributed by atoms with Crippen LogP contribution in [-0.2, 0) is 9.59 Å². The SMILES string of the molecule is CNC(=O)C(=O)N1CCN(c2ccc(Nc3nc(NC4CCCCC4)c4[nH]cnc4n3)c(OC)c2)CC1. The molecule has 37 heavy (non-hydrogen) atoms. The van der Waals surface area contributed by atoms with E-state index in [2.05, 4.69) is 35.8 Å². The van der Waals surface area contributed by atoms with Gasteiger partial charge in [-0.2, -0.15) is 9.97 Å². The highest BCUT2D eigenvalue weighted by atomic mass is 16.5. The predicted molar refractivity (Wildman–Crippen MR) is 141 cm³/mol. The van der Waals surface area contributed by atoms with Gasteiger partial charge in [-0.25, -0.2) is 4.98 Å². The number of carbonyl (C=O) groups is 2. The quantitative estimate of drug-likeness (QED) is 0.370. The molecule has 0 unspecified atom stereocenters. The second-order valence-electron chi connectivity index (χ2n) is 9.34. The third-order valence-corrected chi connectivity index (χ3v) is 7.02. The van der Waals surface area contributed by atoms with Crippen LogP contribution in [0.1, 0.15) is 32.1 Å². The lowest BCUT2D eigenvalue weighted by Gasteiger charge is -2.35. The average molecular weight is 508 g/mol. The van der Waals surface area contributed by atoms with E-state index >= 15 is 0 Å². The second kappa shape index (κ2) is 10.9. The first kappa shape index (κ1) is 24.6. The first-order valence-electron chi connectivity index (χ1n) is 12.7. The van der Waals surface area contributed by atoms with Crippen LogP contribution in [0.2, 0.25) is 0 Å². The zero-order valence-corrected chi connectivity index (χ0v) is 21.2. The maximum atomic E-state index is 12.1. The number of benzene rings is 1. The maximum absolute atomic E-state index is 12.1. The molecule has 5 rings (SSSR count). The summed E-state index contributed by atoms with van der Waals surface area (Å²) < 4.78 is 5.68. The van der Waals surface area contributed by atoms with Crippen molar-refractivity contribution in [2.75, 3.05) is 55.9 Å². The molecule has 1 aliphatic carbocycles. The highest BCUT2D eigenvalue weighted by Gasteiger charge is 2.26. The molecule has 3 heterocycles. The number of carbonyl (C=O) groups excluding carboxylic acids is 2.